The number of hydrogen-bond donors (Lipinski definition) is 2. The highest BCUT2D eigenvalue weighted by Gasteiger charge is 2.17. The standard InChI is InChI=1S/C10H13NO3S/c12-15(13,14)10-3-1-8(2-4-10)9-5-6-11-7-9/h1-4,9,11H,5-7H2,(H,12,13,14). The van der Waals surface area contributed by atoms with E-state index in [-0.39, 0.29) is 4.90 Å². The zero-order valence-corrected chi connectivity index (χ0v) is 9.00. The Labute approximate surface area is 89.1 Å². The lowest BCUT2D eigenvalue weighted by atomic mass is 9.99. The fraction of sp³-hybridized carbons (Fsp3) is 0.400. The van der Waals surface area contributed by atoms with E-state index in [1.807, 2.05) is 0 Å². The second-order valence-corrected chi connectivity index (χ2v) is 5.16. The fourth-order valence-electron chi connectivity index (χ4n) is 1.85. The van der Waals surface area contributed by atoms with Crippen molar-refractivity contribution in [1.82, 2.24) is 5.32 Å². The molecule has 0 aliphatic carbocycles. The van der Waals surface area contributed by atoms with Gasteiger partial charge in [0.1, 0.15) is 0 Å². The number of rotatable bonds is 2. The summed E-state index contributed by atoms with van der Waals surface area (Å²) in [6, 6.07) is 6.42. The van der Waals surface area contributed by atoms with Crippen LogP contribution in [0.4, 0.5) is 0 Å². The molecule has 1 fully saturated rings. The smallest absolute Gasteiger partial charge is 0.294 e. The van der Waals surface area contributed by atoms with E-state index in [0.717, 1.165) is 25.1 Å². The highest BCUT2D eigenvalue weighted by molar-refractivity contribution is 7.85. The Morgan fingerprint density at radius 2 is 1.93 bits per heavy atom. The highest BCUT2D eigenvalue weighted by Crippen LogP contribution is 2.23. The van der Waals surface area contributed by atoms with Crippen LogP contribution >= 0.6 is 0 Å². The van der Waals surface area contributed by atoms with Crippen molar-refractivity contribution in [3.63, 3.8) is 0 Å². The van der Waals surface area contributed by atoms with Crippen LogP contribution in [0.2, 0.25) is 0 Å². The zero-order chi connectivity index (χ0) is 10.9. The van der Waals surface area contributed by atoms with Crippen molar-refractivity contribution in [2.45, 2.75) is 17.2 Å². The first-order valence-electron chi connectivity index (χ1n) is 4.85. The molecule has 15 heavy (non-hydrogen) atoms. The molecule has 0 amide bonds. The molecular formula is C10H13NO3S. The molecular weight excluding hydrogens is 214 g/mol. The van der Waals surface area contributed by atoms with Gasteiger partial charge in [0.2, 0.25) is 0 Å². The monoisotopic (exact) mass is 227 g/mol. The summed E-state index contributed by atoms with van der Waals surface area (Å²) < 4.78 is 30.4. The topological polar surface area (TPSA) is 66.4 Å². The second kappa shape index (κ2) is 3.92. The van der Waals surface area contributed by atoms with Crippen molar-refractivity contribution >= 4 is 10.1 Å². The van der Waals surface area contributed by atoms with Crippen LogP contribution in [0.1, 0.15) is 17.9 Å². The minimum Gasteiger partial charge on any atom is -0.316 e. The minimum absolute atomic E-state index is 0.0443. The highest BCUT2D eigenvalue weighted by atomic mass is 32.2. The van der Waals surface area contributed by atoms with Crippen LogP contribution in [0, 0.1) is 0 Å². The second-order valence-electron chi connectivity index (χ2n) is 3.73. The van der Waals surface area contributed by atoms with Gasteiger partial charge in [-0.1, -0.05) is 12.1 Å². The van der Waals surface area contributed by atoms with Gasteiger partial charge in [-0.15, -0.1) is 0 Å². The van der Waals surface area contributed by atoms with E-state index in [1.54, 1.807) is 12.1 Å². The van der Waals surface area contributed by atoms with Gasteiger partial charge >= 0.3 is 0 Å². The Morgan fingerprint density at radius 1 is 1.27 bits per heavy atom. The Kier molecular flexibility index (Phi) is 2.77. The van der Waals surface area contributed by atoms with E-state index in [9.17, 15) is 8.42 Å². The van der Waals surface area contributed by atoms with Gasteiger partial charge in [-0.2, -0.15) is 8.42 Å². The summed E-state index contributed by atoms with van der Waals surface area (Å²) in [5.41, 5.74) is 1.12. The van der Waals surface area contributed by atoms with Crippen LogP contribution in [0.3, 0.4) is 0 Å². The van der Waals surface area contributed by atoms with Crippen LogP contribution in [0.15, 0.2) is 29.2 Å². The van der Waals surface area contributed by atoms with Crippen LogP contribution < -0.4 is 5.32 Å². The lowest BCUT2D eigenvalue weighted by Gasteiger charge is -2.08. The SMILES string of the molecule is O=S(=O)(O)c1ccc(C2CCNC2)cc1. The third-order valence-electron chi connectivity index (χ3n) is 2.71. The lowest BCUT2D eigenvalue weighted by Crippen LogP contribution is -2.08. The molecule has 1 aliphatic heterocycles. The van der Waals surface area contributed by atoms with Crippen molar-refractivity contribution in [2.24, 2.45) is 0 Å². The molecule has 1 aromatic rings. The molecule has 1 aromatic carbocycles. The van der Waals surface area contributed by atoms with Crippen molar-refractivity contribution in [3.05, 3.63) is 29.8 Å². The summed E-state index contributed by atoms with van der Waals surface area (Å²) in [5.74, 6) is 0.459. The minimum atomic E-state index is -4.06. The van der Waals surface area contributed by atoms with Crippen molar-refractivity contribution in [2.75, 3.05) is 13.1 Å². The number of benzene rings is 1. The van der Waals surface area contributed by atoms with Crippen molar-refractivity contribution in [1.29, 1.82) is 0 Å². The number of hydrogen-bond acceptors (Lipinski definition) is 3. The van der Waals surface area contributed by atoms with Crippen LogP contribution in [0.5, 0.6) is 0 Å². The van der Waals surface area contributed by atoms with Gasteiger partial charge in [-0.25, -0.2) is 0 Å². The summed E-state index contributed by atoms with van der Waals surface area (Å²) in [6.45, 7) is 1.94. The molecule has 1 saturated heterocycles. The Hall–Kier alpha value is -0.910. The van der Waals surface area contributed by atoms with Crippen LogP contribution in [-0.2, 0) is 10.1 Å². The predicted octanol–water partition coefficient (Wildman–Crippen LogP) is 1.01. The van der Waals surface area contributed by atoms with Gasteiger partial charge in [0.25, 0.3) is 10.1 Å². The predicted molar refractivity (Wildman–Crippen MR) is 56.5 cm³/mol. The normalized spacial score (nSPS) is 21.8. The molecule has 0 bridgehead atoms. The van der Waals surface area contributed by atoms with E-state index in [1.165, 1.54) is 12.1 Å². The third-order valence-corrected chi connectivity index (χ3v) is 3.58. The first kappa shape index (κ1) is 10.6. The van der Waals surface area contributed by atoms with E-state index in [4.69, 9.17) is 4.55 Å². The Bertz CT molecular complexity index is 432. The first-order valence-corrected chi connectivity index (χ1v) is 6.29. The van der Waals surface area contributed by atoms with Gasteiger partial charge in [0.05, 0.1) is 4.90 Å². The van der Waals surface area contributed by atoms with E-state index in [2.05, 4.69) is 5.32 Å². The summed E-state index contributed by atoms with van der Waals surface area (Å²) >= 11 is 0. The quantitative estimate of drug-likeness (QED) is 0.740. The van der Waals surface area contributed by atoms with E-state index < -0.39 is 10.1 Å². The average molecular weight is 227 g/mol. The van der Waals surface area contributed by atoms with Gasteiger partial charge in [-0.3, -0.25) is 4.55 Å². The van der Waals surface area contributed by atoms with Crippen molar-refractivity contribution < 1.29 is 13.0 Å². The molecule has 82 valence electrons. The van der Waals surface area contributed by atoms with Crippen LogP contribution in [0.25, 0.3) is 0 Å². The molecule has 0 spiro atoms. The fourth-order valence-corrected chi connectivity index (χ4v) is 2.33. The maximum atomic E-state index is 10.8. The molecule has 1 aliphatic rings. The molecule has 5 heteroatoms. The summed E-state index contributed by atoms with van der Waals surface area (Å²) in [4.78, 5) is -0.0443. The molecule has 0 saturated carbocycles. The molecule has 0 radical (unpaired) electrons. The van der Waals surface area contributed by atoms with Gasteiger partial charge < -0.3 is 5.32 Å². The summed E-state index contributed by atoms with van der Waals surface area (Å²) in [7, 11) is -4.06. The van der Waals surface area contributed by atoms with E-state index >= 15 is 0 Å². The maximum absolute atomic E-state index is 10.8. The molecule has 2 rings (SSSR count). The zero-order valence-electron chi connectivity index (χ0n) is 8.18. The largest absolute Gasteiger partial charge is 0.316 e. The Morgan fingerprint density at radius 3 is 2.40 bits per heavy atom. The molecule has 2 N–H and O–H groups in total. The molecule has 0 aromatic heterocycles. The number of nitrogens with one attached hydrogen (secondary N) is 1. The summed E-state index contributed by atoms with van der Waals surface area (Å²) in [6.07, 6.45) is 1.07. The third kappa shape index (κ3) is 2.37. The Balaban J connectivity index is 2.24. The molecule has 1 unspecified atom stereocenters. The molecule has 4 nitrogen and oxygen atoms in total. The van der Waals surface area contributed by atoms with E-state index in [0.29, 0.717) is 5.92 Å². The summed E-state index contributed by atoms with van der Waals surface area (Å²) in [5, 5.41) is 3.25. The average Bonchev–Trinajstić information content (AvgIpc) is 2.69. The first-order chi connectivity index (χ1) is 7.07. The molecule has 1 atom stereocenters. The molecule has 1 heterocycles. The maximum Gasteiger partial charge on any atom is 0.294 e. The van der Waals surface area contributed by atoms with Gasteiger partial charge in [0.15, 0.2) is 0 Å². The van der Waals surface area contributed by atoms with Gasteiger partial charge in [0, 0.05) is 6.54 Å². The lowest BCUT2D eigenvalue weighted by molar-refractivity contribution is 0.483. The van der Waals surface area contributed by atoms with Crippen molar-refractivity contribution in [3.8, 4) is 0 Å². The van der Waals surface area contributed by atoms with Crippen LogP contribution in [-0.4, -0.2) is 26.1 Å². The van der Waals surface area contributed by atoms with Gasteiger partial charge in [-0.05, 0) is 36.6 Å².